The van der Waals surface area contributed by atoms with E-state index in [1.54, 1.807) is 6.92 Å². The number of rotatable bonds is 7. The summed E-state index contributed by atoms with van der Waals surface area (Å²) >= 11 is 0. The summed E-state index contributed by atoms with van der Waals surface area (Å²) in [4.78, 5) is 20.4. The van der Waals surface area contributed by atoms with Gasteiger partial charge in [0.1, 0.15) is 12.4 Å². The SMILES string of the molecule is CCOc1cc(F)c(Nc2ncnc(OC3CCN(C(=O)O)CC3)c2OC)cc1F. The van der Waals surface area contributed by atoms with Crippen molar-refractivity contribution >= 4 is 17.6 Å². The minimum Gasteiger partial charge on any atom is -0.491 e. The van der Waals surface area contributed by atoms with Gasteiger partial charge in [0.05, 0.1) is 19.4 Å². The average Bonchev–Trinajstić information content (AvgIpc) is 2.72. The van der Waals surface area contributed by atoms with E-state index in [0.717, 1.165) is 12.1 Å². The molecule has 2 N–H and O–H groups in total. The molecule has 162 valence electrons. The zero-order valence-electron chi connectivity index (χ0n) is 16.5. The maximum atomic E-state index is 14.4. The highest BCUT2D eigenvalue weighted by atomic mass is 19.1. The molecule has 0 aliphatic carbocycles. The third kappa shape index (κ3) is 4.78. The van der Waals surface area contributed by atoms with Gasteiger partial charge in [-0.25, -0.2) is 18.6 Å². The lowest BCUT2D eigenvalue weighted by molar-refractivity contribution is 0.0852. The predicted molar refractivity (Wildman–Crippen MR) is 103 cm³/mol. The highest BCUT2D eigenvalue weighted by Crippen LogP contribution is 2.36. The van der Waals surface area contributed by atoms with Gasteiger partial charge in [-0.05, 0) is 6.92 Å². The maximum Gasteiger partial charge on any atom is 0.407 e. The first-order chi connectivity index (χ1) is 14.4. The molecule has 1 saturated heterocycles. The van der Waals surface area contributed by atoms with E-state index in [2.05, 4.69) is 15.3 Å². The van der Waals surface area contributed by atoms with Crippen LogP contribution in [-0.2, 0) is 0 Å². The molecule has 0 spiro atoms. The molecular formula is C19H22F2N4O5. The molecule has 0 unspecified atom stereocenters. The van der Waals surface area contributed by atoms with Crippen molar-refractivity contribution in [3.8, 4) is 17.4 Å². The van der Waals surface area contributed by atoms with Gasteiger partial charge in [0.25, 0.3) is 5.88 Å². The summed E-state index contributed by atoms with van der Waals surface area (Å²) in [5.41, 5.74) is -0.159. The Kier molecular flexibility index (Phi) is 6.70. The Hall–Kier alpha value is -3.37. The third-order valence-corrected chi connectivity index (χ3v) is 4.54. The standard InChI is InChI=1S/C19H22F2N4O5/c1-3-29-15-9-12(20)14(8-13(15)21)24-17-16(28-2)18(23-10-22-17)30-11-4-6-25(7-5-11)19(26)27/h8-11H,3-7H2,1-2H3,(H,26,27)(H,22,23,24). The summed E-state index contributed by atoms with van der Waals surface area (Å²) in [7, 11) is 1.37. The van der Waals surface area contributed by atoms with E-state index >= 15 is 0 Å². The van der Waals surface area contributed by atoms with Crippen molar-refractivity contribution in [2.45, 2.75) is 25.9 Å². The van der Waals surface area contributed by atoms with E-state index in [0.29, 0.717) is 25.9 Å². The van der Waals surface area contributed by atoms with Gasteiger partial charge >= 0.3 is 6.09 Å². The van der Waals surface area contributed by atoms with Gasteiger partial charge in [0, 0.05) is 38.1 Å². The summed E-state index contributed by atoms with van der Waals surface area (Å²) in [6.07, 6.45) is 0.943. The van der Waals surface area contributed by atoms with E-state index in [-0.39, 0.29) is 41.6 Å². The Balaban J connectivity index is 1.77. The highest BCUT2D eigenvalue weighted by Gasteiger charge is 2.26. The third-order valence-electron chi connectivity index (χ3n) is 4.54. The fraction of sp³-hybridized carbons (Fsp3) is 0.421. The number of methoxy groups -OCH3 is 1. The van der Waals surface area contributed by atoms with Crippen molar-refractivity contribution < 1.29 is 32.9 Å². The lowest BCUT2D eigenvalue weighted by Crippen LogP contribution is -2.41. The van der Waals surface area contributed by atoms with E-state index in [1.807, 2.05) is 0 Å². The number of ether oxygens (including phenoxy) is 3. The number of likely N-dealkylation sites (tertiary alicyclic amines) is 1. The van der Waals surface area contributed by atoms with Gasteiger partial charge in [-0.3, -0.25) is 0 Å². The number of nitrogens with one attached hydrogen (secondary N) is 1. The minimum atomic E-state index is -0.968. The normalized spacial score (nSPS) is 14.3. The molecule has 2 aromatic rings. The molecule has 1 amide bonds. The molecule has 3 rings (SSSR count). The van der Waals surface area contributed by atoms with Crippen molar-refractivity contribution in [1.82, 2.24) is 14.9 Å². The lowest BCUT2D eigenvalue weighted by Gasteiger charge is -2.30. The van der Waals surface area contributed by atoms with Crippen LogP contribution in [0.1, 0.15) is 19.8 Å². The summed E-state index contributed by atoms with van der Waals surface area (Å²) in [6, 6.07) is 1.91. The van der Waals surface area contributed by atoms with Crippen molar-refractivity contribution in [1.29, 1.82) is 0 Å². The van der Waals surface area contributed by atoms with Crippen LogP contribution in [0.5, 0.6) is 17.4 Å². The van der Waals surface area contributed by atoms with Crippen LogP contribution in [0, 0.1) is 11.6 Å². The maximum absolute atomic E-state index is 14.4. The Morgan fingerprint density at radius 3 is 2.63 bits per heavy atom. The van der Waals surface area contributed by atoms with Gasteiger partial charge in [-0.1, -0.05) is 0 Å². The van der Waals surface area contributed by atoms with Crippen LogP contribution in [0.2, 0.25) is 0 Å². The minimum absolute atomic E-state index is 0.0907. The number of hydrogen-bond donors (Lipinski definition) is 2. The number of nitrogens with zero attached hydrogens (tertiary/aromatic N) is 3. The first-order valence-corrected chi connectivity index (χ1v) is 9.35. The lowest BCUT2D eigenvalue weighted by atomic mass is 10.1. The first kappa shape index (κ1) is 21.3. The number of anilines is 2. The quantitative estimate of drug-likeness (QED) is 0.697. The van der Waals surface area contributed by atoms with Gasteiger partial charge in [0.2, 0.25) is 5.75 Å². The number of hydrogen-bond acceptors (Lipinski definition) is 7. The number of carboxylic acid groups (broad SMARTS) is 1. The van der Waals surface area contributed by atoms with Crippen LogP contribution < -0.4 is 19.5 Å². The first-order valence-electron chi connectivity index (χ1n) is 9.35. The molecule has 1 aromatic heterocycles. The molecule has 9 nitrogen and oxygen atoms in total. The second-order valence-electron chi connectivity index (χ2n) is 6.47. The van der Waals surface area contributed by atoms with E-state index in [9.17, 15) is 13.6 Å². The van der Waals surface area contributed by atoms with Crippen molar-refractivity contribution in [2.24, 2.45) is 0 Å². The van der Waals surface area contributed by atoms with Crippen LogP contribution in [0.15, 0.2) is 18.5 Å². The molecule has 1 fully saturated rings. The number of benzene rings is 1. The van der Waals surface area contributed by atoms with Gasteiger partial charge < -0.3 is 29.5 Å². The number of halogens is 2. The Labute approximate surface area is 171 Å². The van der Waals surface area contributed by atoms with Crippen LogP contribution in [0.25, 0.3) is 0 Å². The zero-order chi connectivity index (χ0) is 21.7. The predicted octanol–water partition coefficient (Wildman–Crippen LogP) is 3.43. The van der Waals surface area contributed by atoms with Gasteiger partial charge in [-0.15, -0.1) is 0 Å². The average molecular weight is 424 g/mol. The second kappa shape index (κ2) is 9.42. The van der Waals surface area contributed by atoms with Crippen molar-refractivity contribution in [2.75, 3.05) is 32.1 Å². The monoisotopic (exact) mass is 424 g/mol. The van der Waals surface area contributed by atoms with E-state index in [1.165, 1.54) is 18.3 Å². The Bertz CT molecular complexity index is 907. The number of amides is 1. The Morgan fingerprint density at radius 2 is 2.00 bits per heavy atom. The summed E-state index contributed by atoms with van der Waals surface area (Å²) < 4.78 is 44.7. The zero-order valence-corrected chi connectivity index (χ0v) is 16.5. The van der Waals surface area contributed by atoms with Crippen molar-refractivity contribution in [3.05, 3.63) is 30.1 Å². The molecule has 0 bridgehead atoms. The van der Waals surface area contributed by atoms with Crippen LogP contribution in [-0.4, -0.2) is 59.0 Å². The topological polar surface area (TPSA) is 106 Å². The van der Waals surface area contributed by atoms with Crippen LogP contribution >= 0.6 is 0 Å². The highest BCUT2D eigenvalue weighted by molar-refractivity contribution is 5.66. The molecule has 30 heavy (non-hydrogen) atoms. The van der Waals surface area contributed by atoms with Crippen LogP contribution in [0.3, 0.4) is 0 Å². The number of aromatic nitrogens is 2. The largest absolute Gasteiger partial charge is 0.491 e. The molecule has 1 aliphatic rings. The molecule has 2 heterocycles. The van der Waals surface area contributed by atoms with E-state index in [4.69, 9.17) is 19.3 Å². The fourth-order valence-electron chi connectivity index (χ4n) is 3.06. The van der Waals surface area contributed by atoms with Gasteiger partial charge in [-0.2, -0.15) is 4.98 Å². The number of carbonyl (C=O) groups is 1. The molecular weight excluding hydrogens is 402 g/mol. The summed E-state index contributed by atoms with van der Waals surface area (Å²) in [6.45, 7) is 2.56. The van der Waals surface area contributed by atoms with E-state index < -0.39 is 17.7 Å². The Morgan fingerprint density at radius 1 is 1.27 bits per heavy atom. The molecule has 1 aliphatic heterocycles. The molecule has 11 heteroatoms. The van der Waals surface area contributed by atoms with Gasteiger partial charge in [0.15, 0.2) is 23.2 Å². The second-order valence-corrected chi connectivity index (χ2v) is 6.47. The summed E-state index contributed by atoms with van der Waals surface area (Å²) in [5.74, 6) is -1.32. The molecule has 0 atom stereocenters. The molecule has 0 radical (unpaired) electrons. The smallest absolute Gasteiger partial charge is 0.407 e. The molecule has 1 aromatic carbocycles. The fourth-order valence-corrected chi connectivity index (χ4v) is 3.06. The van der Waals surface area contributed by atoms with Crippen molar-refractivity contribution in [3.63, 3.8) is 0 Å². The summed E-state index contributed by atoms with van der Waals surface area (Å²) in [5, 5.41) is 11.7. The van der Waals surface area contributed by atoms with Crippen LogP contribution in [0.4, 0.5) is 25.1 Å². The molecule has 0 saturated carbocycles. The number of piperidine rings is 1.